The van der Waals surface area contributed by atoms with Gasteiger partial charge in [-0.15, -0.1) is 0 Å². The molecule has 1 aromatic rings. The standard InChI is InChI=1S/C7H6NO/c1-6(9)7-4-2-3-5-8-7/h2-5H,1H2. The van der Waals surface area contributed by atoms with Crippen LogP contribution in [0.2, 0.25) is 0 Å². The van der Waals surface area contributed by atoms with E-state index >= 15 is 0 Å². The van der Waals surface area contributed by atoms with E-state index < -0.39 is 0 Å². The molecule has 0 spiro atoms. The molecule has 0 bridgehead atoms. The summed E-state index contributed by atoms with van der Waals surface area (Å²) in [6, 6.07) is 5.15. The predicted octanol–water partition coefficient (Wildman–Crippen LogP) is 1.10. The Bertz CT molecular complexity index is 205. The minimum absolute atomic E-state index is 0.240. The van der Waals surface area contributed by atoms with Crippen LogP contribution in [0.1, 0.15) is 10.5 Å². The van der Waals surface area contributed by atoms with E-state index in [-0.39, 0.29) is 5.78 Å². The van der Waals surface area contributed by atoms with Gasteiger partial charge < -0.3 is 0 Å². The summed E-state index contributed by atoms with van der Waals surface area (Å²) in [5.74, 6) is -0.240. The zero-order valence-corrected chi connectivity index (χ0v) is 4.87. The fourth-order valence-corrected chi connectivity index (χ4v) is 0.528. The van der Waals surface area contributed by atoms with Gasteiger partial charge in [-0.2, -0.15) is 0 Å². The molecule has 0 N–H and O–H groups in total. The zero-order valence-electron chi connectivity index (χ0n) is 4.87. The SMILES string of the molecule is [CH2]C(=O)c1ccccn1. The molecule has 0 aliphatic rings. The van der Waals surface area contributed by atoms with Gasteiger partial charge in [0, 0.05) is 13.1 Å². The summed E-state index contributed by atoms with van der Waals surface area (Å²) < 4.78 is 0. The van der Waals surface area contributed by atoms with Crippen molar-refractivity contribution in [1.82, 2.24) is 4.98 Å². The molecule has 0 amide bonds. The van der Waals surface area contributed by atoms with Crippen LogP contribution >= 0.6 is 0 Å². The first kappa shape index (κ1) is 5.95. The van der Waals surface area contributed by atoms with Crippen LogP contribution in [0.3, 0.4) is 0 Å². The van der Waals surface area contributed by atoms with Crippen molar-refractivity contribution in [3.8, 4) is 0 Å². The summed E-state index contributed by atoms with van der Waals surface area (Å²) in [6.45, 7) is 3.21. The quantitative estimate of drug-likeness (QED) is 0.519. The van der Waals surface area contributed by atoms with E-state index in [4.69, 9.17) is 0 Å². The molecule has 45 valence electrons. The largest absolute Gasteiger partial charge is 0.292 e. The number of pyridine rings is 1. The smallest absolute Gasteiger partial charge is 0.181 e. The van der Waals surface area contributed by atoms with Gasteiger partial charge in [-0.25, -0.2) is 0 Å². The monoisotopic (exact) mass is 120 g/mol. The fraction of sp³-hybridized carbons (Fsp3) is 0. The Labute approximate surface area is 53.5 Å². The number of carbonyl (C=O) groups excluding carboxylic acids is 1. The van der Waals surface area contributed by atoms with Gasteiger partial charge >= 0.3 is 0 Å². The third kappa shape index (κ3) is 1.35. The van der Waals surface area contributed by atoms with E-state index in [1.807, 2.05) is 0 Å². The van der Waals surface area contributed by atoms with E-state index in [2.05, 4.69) is 11.9 Å². The third-order valence-corrected chi connectivity index (χ3v) is 0.951. The van der Waals surface area contributed by atoms with Gasteiger partial charge in [0.2, 0.25) is 0 Å². The van der Waals surface area contributed by atoms with Gasteiger partial charge in [0.05, 0.1) is 0 Å². The van der Waals surface area contributed by atoms with Crippen molar-refractivity contribution < 1.29 is 4.79 Å². The van der Waals surface area contributed by atoms with E-state index in [0.29, 0.717) is 5.69 Å². The summed E-state index contributed by atoms with van der Waals surface area (Å²) in [6.07, 6.45) is 1.57. The second kappa shape index (κ2) is 2.40. The molecule has 0 saturated carbocycles. The molecule has 0 atom stereocenters. The van der Waals surface area contributed by atoms with E-state index in [0.717, 1.165) is 0 Å². The van der Waals surface area contributed by atoms with Crippen LogP contribution in [0.5, 0.6) is 0 Å². The number of nitrogens with zero attached hydrogens (tertiary/aromatic N) is 1. The highest BCUT2D eigenvalue weighted by Gasteiger charge is 1.95. The summed E-state index contributed by atoms with van der Waals surface area (Å²) in [7, 11) is 0. The Kier molecular flexibility index (Phi) is 1.58. The molecule has 2 heteroatoms. The molecule has 1 rings (SSSR count). The second-order valence-electron chi connectivity index (χ2n) is 1.64. The summed E-state index contributed by atoms with van der Waals surface area (Å²) >= 11 is 0. The lowest BCUT2D eigenvalue weighted by Gasteiger charge is -1.88. The van der Waals surface area contributed by atoms with Crippen molar-refractivity contribution >= 4 is 5.78 Å². The number of rotatable bonds is 1. The number of carbonyl (C=O) groups is 1. The Morgan fingerprint density at radius 2 is 2.33 bits per heavy atom. The zero-order chi connectivity index (χ0) is 6.69. The van der Waals surface area contributed by atoms with Gasteiger partial charge in [0.15, 0.2) is 5.78 Å². The molecule has 0 unspecified atom stereocenters. The van der Waals surface area contributed by atoms with E-state index in [1.54, 1.807) is 24.4 Å². The molecule has 9 heavy (non-hydrogen) atoms. The lowest BCUT2D eigenvalue weighted by atomic mass is 10.3. The first-order chi connectivity index (χ1) is 4.30. The Hall–Kier alpha value is -1.18. The summed E-state index contributed by atoms with van der Waals surface area (Å²) in [5.41, 5.74) is 0.414. The Morgan fingerprint density at radius 3 is 2.67 bits per heavy atom. The predicted molar refractivity (Wildman–Crippen MR) is 33.9 cm³/mol. The van der Waals surface area contributed by atoms with Crippen LogP contribution in [0.15, 0.2) is 24.4 Å². The van der Waals surface area contributed by atoms with Crippen molar-refractivity contribution in [2.24, 2.45) is 0 Å². The summed E-state index contributed by atoms with van der Waals surface area (Å²) in [5, 5.41) is 0. The van der Waals surface area contributed by atoms with Gasteiger partial charge in [-0.1, -0.05) is 6.07 Å². The number of ketones is 1. The first-order valence-electron chi connectivity index (χ1n) is 2.58. The van der Waals surface area contributed by atoms with Crippen molar-refractivity contribution in [3.05, 3.63) is 37.0 Å². The maximum absolute atomic E-state index is 10.5. The highest BCUT2D eigenvalue weighted by Crippen LogP contribution is 1.91. The van der Waals surface area contributed by atoms with Gasteiger partial charge in [-0.05, 0) is 12.1 Å². The minimum Gasteiger partial charge on any atom is -0.292 e. The molecule has 1 radical (unpaired) electrons. The third-order valence-electron chi connectivity index (χ3n) is 0.951. The second-order valence-corrected chi connectivity index (χ2v) is 1.64. The van der Waals surface area contributed by atoms with Crippen LogP contribution < -0.4 is 0 Å². The topological polar surface area (TPSA) is 30.0 Å². The van der Waals surface area contributed by atoms with Crippen molar-refractivity contribution in [3.63, 3.8) is 0 Å². The van der Waals surface area contributed by atoms with Crippen molar-refractivity contribution in [1.29, 1.82) is 0 Å². The van der Waals surface area contributed by atoms with Gasteiger partial charge in [0.25, 0.3) is 0 Å². The maximum atomic E-state index is 10.5. The molecule has 1 aromatic heterocycles. The van der Waals surface area contributed by atoms with Gasteiger partial charge in [0.1, 0.15) is 5.69 Å². The first-order valence-corrected chi connectivity index (χ1v) is 2.58. The average Bonchev–Trinajstić information content (AvgIpc) is 1.90. The molecular formula is C7H6NO. The number of hydrogen-bond donors (Lipinski definition) is 0. The van der Waals surface area contributed by atoms with Crippen LogP contribution in [-0.4, -0.2) is 10.8 Å². The summed E-state index contributed by atoms with van der Waals surface area (Å²) in [4.78, 5) is 14.2. The van der Waals surface area contributed by atoms with Crippen molar-refractivity contribution in [2.45, 2.75) is 0 Å². The number of hydrogen-bond acceptors (Lipinski definition) is 2. The van der Waals surface area contributed by atoms with Crippen LogP contribution in [0.25, 0.3) is 0 Å². The van der Waals surface area contributed by atoms with Crippen LogP contribution in [0, 0.1) is 6.92 Å². The van der Waals surface area contributed by atoms with E-state index in [1.165, 1.54) is 0 Å². The lowest BCUT2D eigenvalue weighted by molar-refractivity contribution is 0.104. The number of aromatic nitrogens is 1. The molecular weight excluding hydrogens is 114 g/mol. The highest BCUT2D eigenvalue weighted by molar-refractivity contribution is 5.97. The molecule has 0 aliphatic carbocycles. The average molecular weight is 120 g/mol. The van der Waals surface area contributed by atoms with E-state index in [9.17, 15) is 4.79 Å². The molecule has 1 heterocycles. The minimum atomic E-state index is -0.240. The van der Waals surface area contributed by atoms with Crippen molar-refractivity contribution in [2.75, 3.05) is 0 Å². The van der Waals surface area contributed by atoms with Crippen LogP contribution in [0.4, 0.5) is 0 Å². The molecule has 0 aliphatic heterocycles. The molecule has 0 fully saturated rings. The molecule has 2 nitrogen and oxygen atoms in total. The normalized spacial score (nSPS) is 9.00. The maximum Gasteiger partial charge on any atom is 0.181 e. The molecule has 0 aromatic carbocycles. The lowest BCUT2D eigenvalue weighted by Crippen LogP contribution is -1.93. The fourth-order valence-electron chi connectivity index (χ4n) is 0.528. The van der Waals surface area contributed by atoms with Gasteiger partial charge in [-0.3, -0.25) is 9.78 Å². The Balaban J connectivity index is 2.98. The Morgan fingerprint density at radius 1 is 1.56 bits per heavy atom. The van der Waals surface area contributed by atoms with Crippen LogP contribution in [-0.2, 0) is 0 Å². The number of Topliss-reactive ketones (excluding diaryl/α,β-unsaturated/α-hetero) is 1. The molecule has 0 saturated heterocycles. The highest BCUT2D eigenvalue weighted by atomic mass is 16.1.